The third-order valence-corrected chi connectivity index (χ3v) is 7.22. The molecule has 0 amide bonds. The number of hydrogen-bond acceptors (Lipinski definition) is 4. The lowest BCUT2D eigenvalue weighted by Gasteiger charge is -2.36. The van der Waals surface area contributed by atoms with Gasteiger partial charge in [-0.15, -0.1) is 0 Å². The lowest BCUT2D eigenvalue weighted by molar-refractivity contribution is 0.151. The van der Waals surface area contributed by atoms with Gasteiger partial charge in [0.15, 0.2) is 0 Å². The van der Waals surface area contributed by atoms with Crippen LogP contribution in [0.4, 0.5) is 0 Å². The van der Waals surface area contributed by atoms with E-state index in [9.17, 15) is 8.42 Å². The molecule has 6 heteroatoms. The Morgan fingerprint density at radius 2 is 1.88 bits per heavy atom. The van der Waals surface area contributed by atoms with Crippen LogP contribution in [0.2, 0.25) is 0 Å². The maximum absolute atomic E-state index is 12.4. The largest absolute Gasteiger partial charge is 0.473 e. The summed E-state index contributed by atoms with van der Waals surface area (Å²) >= 11 is 0. The standard InChI is InChI=1S/C19H22N2O3S/c22-25(23)15-19(9-4-10-19)14-21(25)12-17-7-8-18(20-11-17)24-13-16-5-2-1-3-6-16/h1-3,5-8,11H,4,9-10,12-15H2. The molecule has 0 unspecified atom stereocenters. The van der Waals surface area contributed by atoms with Gasteiger partial charge in [0.1, 0.15) is 6.61 Å². The highest BCUT2D eigenvalue weighted by Crippen LogP contribution is 2.47. The van der Waals surface area contributed by atoms with Crippen molar-refractivity contribution in [1.29, 1.82) is 0 Å². The lowest BCUT2D eigenvalue weighted by Crippen LogP contribution is -2.34. The van der Waals surface area contributed by atoms with Gasteiger partial charge in [0.05, 0.1) is 5.75 Å². The van der Waals surface area contributed by atoms with Gasteiger partial charge in [-0.3, -0.25) is 0 Å². The molecule has 2 heterocycles. The first-order chi connectivity index (χ1) is 12.0. The van der Waals surface area contributed by atoms with Crippen molar-refractivity contribution in [2.75, 3.05) is 12.3 Å². The SMILES string of the molecule is O=S1(=O)CC2(CCC2)CN1Cc1ccc(OCc2ccccc2)nc1. The molecule has 1 aliphatic heterocycles. The molecule has 1 aliphatic carbocycles. The van der Waals surface area contributed by atoms with E-state index in [0.29, 0.717) is 31.3 Å². The monoisotopic (exact) mass is 358 g/mol. The van der Waals surface area contributed by atoms with E-state index in [1.807, 2.05) is 36.4 Å². The van der Waals surface area contributed by atoms with E-state index in [4.69, 9.17) is 4.74 Å². The zero-order chi connectivity index (χ0) is 17.3. The van der Waals surface area contributed by atoms with Gasteiger partial charge in [0.2, 0.25) is 15.9 Å². The summed E-state index contributed by atoms with van der Waals surface area (Å²) in [5.74, 6) is 0.860. The highest BCUT2D eigenvalue weighted by molar-refractivity contribution is 7.89. The van der Waals surface area contributed by atoms with Crippen LogP contribution in [0, 0.1) is 5.41 Å². The third kappa shape index (κ3) is 3.55. The second-order valence-corrected chi connectivity index (χ2v) is 9.13. The molecule has 1 aromatic heterocycles. The van der Waals surface area contributed by atoms with Gasteiger partial charge in [-0.2, -0.15) is 4.31 Å². The molecule has 5 nitrogen and oxygen atoms in total. The number of sulfonamides is 1. The molecule has 2 aromatic rings. The maximum Gasteiger partial charge on any atom is 0.215 e. The molecule has 0 atom stereocenters. The lowest BCUT2D eigenvalue weighted by atomic mass is 9.70. The quantitative estimate of drug-likeness (QED) is 0.824. The number of aromatic nitrogens is 1. The van der Waals surface area contributed by atoms with Crippen LogP contribution in [-0.2, 0) is 23.2 Å². The summed E-state index contributed by atoms with van der Waals surface area (Å²) in [5.41, 5.74) is 2.00. The number of benzene rings is 1. The molecule has 1 saturated heterocycles. The first-order valence-electron chi connectivity index (χ1n) is 8.64. The Balaban J connectivity index is 1.37. The summed E-state index contributed by atoms with van der Waals surface area (Å²) in [5, 5.41) is 0. The van der Waals surface area contributed by atoms with E-state index >= 15 is 0 Å². The molecular formula is C19H22N2O3S. The fourth-order valence-electron chi connectivity index (χ4n) is 3.65. The van der Waals surface area contributed by atoms with Gasteiger partial charge in [-0.25, -0.2) is 13.4 Å². The zero-order valence-corrected chi connectivity index (χ0v) is 14.9. The molecule has 0 radical (unpaired) electrons. The van der Waals surface area contributed by atoms with Gasteiger partial charge >= 0.3 is 0 Å². The summed E-state index contributed by atoms with van der Waals surface area (Å²) in [6.07, 6.45) is 4.93. The van der Waals surface area contributed by atoms with E-state index in [-0.39, 0.29) is 5.41 Å². The van der Waals surface area contributed by atoms with Gasteiger partial charge in [0, 0.05) is 25.4 Å². The highest BCUT2D eigenvalue weighted by atomic mass is 32.2. The van der Waals surface area contributed by atoms with Crippen molar-refractivity contribution in [3.63, 3.8) is 0 Å². The van der Waals surface area contributed by atoms with Crippen LogP contribution in [0.25, 0.3) is 0 Å². The molecule has 2 fully saturated rings. The Bertz CT molecular complexity index is 831. The predicted octanol–water partition coefficient (Wildman–Crippen LogP) is 2.98. The fourth-order valence-corrected chi connectivity index (χ4v) is 5.81. The van der Waals surface area contributed by atoms with E-state index < -0.39 is 10.0 Å². The molecule has 4 rings (SSSR count). The molecule has 0 bridgehead atoms. The van der Waals surface area contributed by atoms with Crippen LogP contribution in [0.1, 0.15) is 30.4 Å². The summed E-state index contributed by atoms with van der Waals surface area (Å²) in [6.45, 7) is 1.52. The first-order valence-corrected chi connectivity index (χ1v) is 10.3. The minimum Gasteiger partial charge on any atom is -0.473 e. The second-order valence-electron chi connectivity index (χ2n) is 7.16. The number of pyridine rings is 1. The maximum atomic E-state index is 12.4. The van der Waals surface area contributed by atoms with Crippen LogP contribution in [0.3, 0.4) is 0 Å². The third-order valence-electron chi connectivity index (χ3n) is 5.19. The van der Waals surface area contributed by atoms with E-state index in [2.05, 4.69) is 4.98 Å². The number of nitrogens with zero attached hydrogens (tertiary/aromatic N) is 2. The average molecular weight is 358 g/mol. The van der Waals surface area contributed by atoms with Crippen molar-refractivity contribution in [2.45, 2.75) is 32.4 Å². The number of rotatable bonds is 5. The predicted molar refractivity (Wildman–Crippen MR) is 95.5 cm³/mol. The van der Waals surface area contributed by atoms with Crippen LogP contribution in [0.5, 0.6) is 5.88 Å². The molecular weight excluding hydrogens is 336 g/mol. The Morgan fingerprint density at radius 1 is 1.08 bits per heavy atom. The minimum absolute atomic E-state index is 0.0188. The summed E-state index contributed by atoms with van der Waals surface area (Å²) in [7, 11) is -3.14. The smallest absolute Gasteiger partial charge is 0.215 e. The molecule has 0 N–H and O–H groups in total. The minimum atomic E-state index is -3.14. The van der Waals surface area contributed by atoms with E-state index in [1.54, 1.807) is 16.6 Å². The summed E-state index contributed by atoms with van der Waals surface area (Å²) in [4.78, 5) is 4.31. The topological polar surface area (TPSA) is 59.5 Å². The molecule has 25 heavy (non-hydrogen) atoms. The zero-order valence-electron chi connectivity index (χ0n) is 14.1. The van der Waals surface area contributed by atoms with Gasteiger partial charge in [-0.05, 0) is 29.4 Å². The van der Waals surface area contributed by atoms with Crippen molar-refractivity contribution < 1.29 is 13.2 Å². The highest BCUT2D eigenvalue weighted by Gasteiger charge is 2.50. The van der Waals surface area contributed by atoms with E-state index in [1.165, 1.54) is 0 Å². The summed E-state index contributed by atoms with van der Waals surface area (Å²) in [6, 6.07) is 13.6. The second kappa shape index (κ2) is 6.42. The molecule has 132 valence electrons. The Labute approximate surface area is 148 Å². The van der Waals surface area contributed by atoms with E-state index in [0.717, 1.165) is 30.4 Å². The summed E-state index contributed by atoms with van der Waals surface area (Å²) < 4.78 is 32.1. The van der Waals surface area contributed by atoms with Gasteiger partial charge in [0.25, 0.3) is 0 Å². The Kier molecular flexibility index (Phi) is 4.25. The van der Waals surface area contributed by atoms with Crippen LogP contribution in [-0.4, -0.2) is 30.0 Å². The van der Waals surface area contributed by atoms with Crippen molar-refractivity contribution in [3.05, 3.63) is 59.8 Å². The number of ether oxygens (including phenoxy) is 1. The fraction of sp³-hybridized carbons (Fsp3) is 0.421. The van der Waals surface area contributed by atoms with Crippen LogP contribution in [0.15, 0.2) is 48.7 Å². The van der Waals surface area contributed by atoms with Crippen molar-refractivity contribution >= 4 is 10.0 Å². The van der Waals surface area contributed by atoms with Crippen LogP contribution < -0.4 is 4.74 Å². The molecule has 1 spiro atoms. The van der Waals surface area contributed by atoms with Gasteiger partial charge < -0.3 is 4.74 Å². The first kappa shape index (κ1) is 16.5. The molecule has 1 aromatic carbocycles. The molecule has 1 saturated carbocycles. The van der Waals surface area contributed by atoms with Crippen molar-refractivity contribution in [3.8, 4) is 5.88 Å². The molecule has 2 aliphatic rings. The average Bonchev–Trinajstić information content (AvgIpc) is 2.87. The van der Waals surface area contributed by atoms with Crippen LogP contribution >= 0.6 is 0 Å². The normalized spacial score (nSPS) is 21.1. The number of hydrogen-bond donors (Lipinski definition) is 0. The Hall–Kier alpha value is -1.92. The van der Waals surface area contributed by atoms with Crippen molar-refractivity contribution in [1.82, 2.24) is 9.29 Å². The van der Waals surface area contributed by atoms with Gasteiger partial charge in [-0.1, -0.05) is 42.8 Å². The van der Waals surface area contributed by atoms with Crippen molar-refractivity contribution in [2.24, 2.45) is 5.41 Å². The Morgan fingerprint density at radius 3 is 2.48 bits per heavy atom.